The molecule has 0 saturated heterocycles. The fourth-order valence-corrected chi connectivity index (χ4v) is 0.835. The molecule has 68 valence electrons. The van der Waals surface area contributed by atoms with Crippen LogP contribution in [0.15, 0.2) is 12.2 Å². The molecule has 12 heavy (non-hydrogen) atoms. The van der Waals surface area contributed by atoms with Gasteiger partial charge in [-0.25, -0.2) is 4.79 Å². The Bertz CT molecular complexity index is 208. The molecule has 1 unspecified atom stereocenters. The maximum absolute atomic E-state index is 11.1. The van der Waals surface area contributed by atoms with Crippen molar-refractivity contribution in [1.82, 2.24) is 0 Å². The molecule has 0 saturated carbocycles. The number of hydrogen-bond donors (Lipinski definition) is 0. The summed E-state index contributed by atoms with van der Waals surface area (Å²) in [5.74, 6) is -0.984. The van der Waals surface area contributed by atoms with Crippen LogP contribution >= 0.6 is 15.9 Å². The highest BCUT2D eigenvalue weighted by Gasteiger charge is 2.20. The molecule has 0 aromatic carbocycles. The molecule has 0 bridgehead atoms. The normalized spacial score (nSPS) is 11.9. The van der Waals surface area contributed by atoms with Gasteiger partial charge < -0.3 is 4.74 Å². The second kappa shape index (κ2) is 5.09. The topological polar surface area (TPSA) is 43.4 Å². The molecule has 3 nitrogen and oxygen atoms in total. The van der Waals surface area contributed by atoms with Gasteiger partial charge in [0, 0.05) is 0 Å². The van der Waals surface area contributed by atoms with Crippen LogP contribution < -0.4 is 0 Å². The molecule has 0 amide bonds. The molecular weight excluding hydrogens is 224 g/mol. The van der Waals surface area contributed by atoms with E-state index in [1.807, 2.05) is 0 Å². The molecular formula is C8H11BrO3. The minimum atomic E-state index is -0.645. The summed E-state index contributed by atoms with van der Waals surface area (Å²) in [4.78, 5) is 21.6. The fraction of sp³-hybridized carbons (Fsp3) is 0.500. The molecule has 0 spiro atoms. The van der Waals surface area contributed by atoms with Crippen molar-refractivity contribution < 1.29 is 14.3 Å². The van der Waals surface area contributed by atoms with Gasteiger partial charge in [0.2, 0.25) is 0 Å². The van der Waals surface area contributed by atoms with Crippen LogP contribution in [0.1, 0.15) is 13.8 Å². The van der Waals surface area contributed by atoms with E-state index >= 15 is 0 Å². The Morgan fingerprint density at radius 3 is 2.42 bits per heavy atom. The van der Waals surface area contributed by atoms with Gasteiger partial charge in [-0.2, -0.15) is 0 Å². The highest BCUT2D eigenvalue weighted by Crippen LogP contribution is 2.07. The van der Waals surface area contributed by atoms with Crippen molar-refractivity contribution in [3.05, 3.63) is 12.2 Å². The Kier molecular flexibility index (Phi) is 4.81. The number of carbonyl (C=O) groups excluding carboxylic acids is 2. The second-order valence-electron chi connectivity index (χ2n) is 2.18. The predicted octanol–water partition coefficient (Wildman–Crippen LogP) is 1.46. The van der Waals surface area contributed by atoms with Gasteiger partial charge in [-0.05, 0) is 13.8 Å². The second-order valence-corrected chi connectivity index (χ2v) is 3.55. The van der Waals surface area contributed by atoms with Gasteiger partial charge in [0.15, 0.2) is 5.78 Å². The third-order valence-electron chi connectivity index (χ3n) is 1.18. The monoisotopic (exact) mass is 234 g/mol. The van der Waals surface area contributed by atoms with Crippen LogP contribution in [0, 0.1) is 0 Å². The van der Waals surface area contributed by atoms with Crippen LogP contribution in [0.25, 0.3) is 0 Å². The summed E-state index contributed by atoms with van der Waals surface area (Å²) in [6.07, 6.45) is 0. The van der Waals surface area contributed by atoms with E-state index in [0.717, 1.165) is 0 Å². The van der Waals surface area contributed by atoms with Crippen LogP contribution in [0.4, 0.5) is 0 Å². The number of ketones is 1. The van der Waals surface area contributed by atoms with E-state index in [0.29, 0.717) is 0 Å². The lowest BCUT2D eigenvalue weighted by molar-refractivity contribution is -0.139. The number of ether oxygens (including phenoxy) is 1. The Balaban J connectivity index is 4.20. The average Bonchev–Trinajstić information content (AvgIpc) is 2.02. The van der Waals surface area contributed by atoms with Gasteiger partial charge in [0.05, 0.1) is 17.0 Å². The Morgan fingerprint density at radius 1 is 1.58 bits per heavy atom. The molecule has 0 aliphatic rings. The largest absolute Gasteiger partial charge is 0.462 e. The molecule has 0 aromatic rings. The molecule has 0 aliphatic carbocycles. The zero-order chi connectivity index (χ0) is 9.72. The van der Waals surface area contributed by atoms with Crippen molar-refractivity contribution in [1.29, 1.82) is 0 Å². The lowest BCUT2D eigenvalue weighted by Gasteiger charge is -2.04. The summed E-state index contributed by atoms with van der Waals surface area (Å²) >= 11 is 3.04. The molecule has 0 N–H and O–H groups in total. The van der Waals surface area contributed by atoms with Crippen molar-refractivity contribution >= 4 is 27.7 Å². The summed E-state index contributed by atoms with van der Waals surface area (Å²) in [7, 11) is 0. The summed E-state index contributed by atoms with van der Waals surface area (Å²) < 4.78 is 4.59. The third-order valence-corrected chi connectivity index (χ3v) is 1.60. The van der Waals surface area contributed by atoms with Gasteiger partial charge in [-0.3, -0.25) is 4.79 Å². The smallest absolute Gasteiger partial charge is 0.341 e. The standard InChI is InChI=1S/C8H11BrO3/c1-4-12-8(11)5(2)7(10)6(3)9/h6H,2,4H2,1,3H3. The van der Waals surface area contributed by atoms with E-state index in [1.54, 1.807) is 13.8 Å². The number of Topliss-reactive ketones (excluding diaryl/α,β-unsaturated/α-hetero) is 1. The molecule has 0 aliphatic heterocycles. The molecule has 0 rings (SSSR count). The molecule has 0 fully saturated rings. The fourth-order valence-electron chi connectivity index (χ4n) is 0.559. The quantitative estimate of drug-likeness (QED) is 0.243. The van der Waals surface area contributed by atoms with E-state index in [9.17, 15) is 9.59 Å². The van der Waals surface area contributed by atoms with Crippen LogP contribution in [-0.2, 0) is 14.3 Å². The van der Waals surface area contributed by atoms with Crippen molar-refractivity contribution in [3.8, 4) is 0 Å². The lowest BCUT2D eigenvalue weighted by atomic mass is 10.1. The number of alkyl halides is 1. The Hall–Kier alpha value is -0.640. The first kappa shape index (κ1) is 11.4. The first-order chi connectivity index (χ1) is 5.50. The van der Waals surface area contributed by atoms with E-state index in [-0.39, 0.29) is 18.0 Å². The van der Waals surface area contributed by atoms with Crippen molar-refractivity contribution in [2.75, 3.05) is 6.61 Å². The molecule has 0 radical (unpaired) electrons. The van der Waals surface area contributed by atoms with Crippen molar-refractivity contribution in [3.63, 3.8) is 0 Å². The summed E-state index contributed by atoms with van der Waals surface area (Å²) in [5.41, 5.74) is -0.110. The van der Waals surface area contributed by atoms with Crippen LogP contribution in [0.5, 0.6) is 0 Å². The zero-order valence-electron chi connectivity index (χ0n) is 7.09. The van der Waals surface area contributed by atoms with Gasteiger partial charge >= 0.3 is 5.97 Å². The van der Waals surface area contributed by atoms with E-state index in [2.05, 4.69) is 27.2 Å². The van der Waals surface area contributed by atoms with Crippen molar-refractivity contribution in [2.45, 2.75) is 18.7 Å². The highest BCUT2D eigenvalue weighted by molar-refractivity contribution is 9.10. The number of esters is 1. The summed E-state index contributed by atoms with van der Waals surface area (Å²) in [6.45, 7) is 6.90. The maximum atomic E-state index is 11.1. The predicted molar refractivity (Wildman–Crippen MR) is 49.2 cm³/mol. The molecule has 0 aromatic heterocycles. The summed E-state index contributed by atoms with van der Waals surface area (Å²) in [5, 5.41) is 0. The van der Waals surface area contributed by atoms with E-state index in [1.165, 1.54) is 0 Å². The van der Waals surface area contributed by atoms with Crippen LogP contribution in [0.2, 0.25) is 0 Å². The number of rotatable bonds is 4. The first-order valence-electron chi connectivity index (χ1n) is 3.55. The van der Waals surface area contributed by atoms with Gasteiger partial charge in [-0.1, -0.05) is 22.5 Å². The van der Waals surface area contributed by atoms with Gasteiger partial charge in [0.1, 0.15) is 0 Å². The third kappa shape index (κ3) is 3.17. The van der Waals surface area contributed by atoms with Gasteiger partial charge in [0.25, 0.3) is 0 Å². The van der Waals surface area contributed by atoms with Crippen molar-refractivity contribution in [2.24, 2.45) is 0 Å². The number of carbonyl (C=O) groups is 2. The molecule has 0 heterocycles. The van der Waals surface area contributed by atoms with Crippen LogP contribution in [-0.4, -0.2) is 23.2 Å². The Labute approximate surface area is 79.9 Å². The van der Waals surface area contributed by atoms with Gasteiger partial charge in [-0.15, -0.1) is 0 Å². The number of halogens is 1. The van der Waals surface area contributed by atoms with E-state index < -0.39 is 10.8 Å². The van der Waals surface area contributed by atoms with Crippen LogP contribution in [0.3, 0.4) is 0 Å². The average molecular weight is 235 g/mol. The Morgan fingerprint density at radius 2 is 2.08 bits per heavy atom. The first-order valence-corrected chi connectivity index (χ1v) is 4.46. The SMILES string of the molecule is C=C(C(=O)OCC)C(=O)C(C)Br. The highest BCUT2D eigenvalue weighted by atomic mass is 79.9. The molecule has 1 atom stereocenters. The van der Waals surface area contributed by atoms with E-state index in [4.69, 9.17) is 0 Å². The zero-order valence-corrected chi connectivity index (χ0v) is 8.68. The minimum absolute atomic E-state index is 0.110. The minimum Gasteiger partial charge on any atom is -0.462 e. The maximum Gasteiger partial charge on any atom is 0.341 e. The number of hydrogen-bond acceptors (Lipinski definition) is 3. The lowest BCUT2D eigenvalue weighted by Crippen LogP contribution is -2.20. The summed E-state index contributed by atoms with van der Waals surface area (Å²) in [6, 6.07) is 0. The molecule has 4 heteroatoms.